The number of carboxylic acids is 1. The molecule has 0 atom stereocenters. The molecule has 0 spiro atoms. The molecular weight excluding hydrogens is 334 g/mol. The van der Waals surface area contributed by atoms with Gasteiger partial charge in [-0.1, -0.05) is 34.6 Å². The van der Waals surface area contributed by atoms with Crippen molar-refractivity contribution in [2.45, 2.75) is 22.6 Å². The second kappa shape index (κ2) is 5.86. The van der Waals surface area contributed by atoms with Crippen LogP contribution in [0.2, 0.25) is 0 Å². The van der Waals surface area contributed by atoms with Crippen molar-refractivity contribution in [3.8, 4) is 0 Å². The first-order chi connectivity index (χ1) is 8.60. The Balaban J connectivity index is 2.32. The minimum atomic E-state index is -0.919. The highest BCUT2D eigenvalue weighted by molar-refractivity contribution is 9.10. The minimum Gasteiger partial charge on any atom is -0.478 e. The zero-order chi connectivity index (χ0) is 13.1. The van der Waals surface area contributed by atoms with Gasteiger partial charge in [-0.2, -0.15) is 0 Å². The van der Waals surface area contributed by atoms with Gasteiger partial charge in [-0.3, -0.25) is 0 Å². The van der Waals surface area contributed by atoms with Crippen LogP contribution in [0.25, 0.3) is 0 Å². The molecule has 0 aliphatic rings. The van der Waals surface area contributed by atoms with Crippen LogP contribution in [0.5, 0.6) is 0 Å². The van der Waals surface area contributed by atoms with Gasteiger partial charge >= 0.3 is 5.97 Å². The number of nitrogens with zero attached hydrogens (tertiary/aromatic N) is 1. The molecule has 2 aromatic rings. The zero-order valence-corrected chi connectivity index (χ0v) is 12.7. The molecule has 3 nitrogen and oxygen atoms in total. The molecule has 6 heteroatoms. The van der Waals surface area contributed by atoms with Crippen LogP contribution >= 0.6 is 39.0 Å². The predicted molar refractivity (Wildman–Crippen MR) is 76.7 cm³/mol. The van der Waals surface area contributed by atoms with Crippen molar-refractivity contribution >= 4 is 45.0 Å². The first-order valence-corrected chi connectivity index (χ1v) is 7.74. The second-order valence-electron chi connectivity index (χ2n) is 3.51. The molecule has 2 rings (SSSR count). The van der Waals surface area contributed by atoms with Crippen molar-refractivity contribution in [3.05, 3.63) is 39.3 Å². The quantitative estimate of drug-likeness (QED) is 0.898. The standard InChI is InChI=1S/C12H10BrNO2S2/c1-2-8-6-17-12(14-8)18-10-5-7(13)3-4-9(10)11(15)16/h3-6H,2H2,1H3,(H,15,16). The van der Waals surface area contributed by atoms with Crippen LogP contribution in [0, 0.1) is 0 Å². The van der Waals surface area contributed by atoms with Crippen molar-refractivity contribution in [2.24, 2.45) is 0 Å². The molecule has 0 bridgehead atoms. The van der Waals surface area contributed by atoms with Gasteiger partial charge in [-0.25, -0.2) is 9.78 Å². The summed E-state index contributed by atoms with van der Waals surface area (Å²) in [6, 6.07) is 5.14. The van der Waals surface area contributed by atoms with Crippen LogP contribution in [0.15, 0.2) is 37.3 Å². The van der Waals surface area contributed by atoms with Gasteiger partial charge in [0.15, 0.2) is 4.34 Å². The predicted octanol–water partition coefficient (Wildman–Crippen LogP) is 4.32. The fourth-order valence-electron chi connectivity index (χ4n) is 1.35. The Hall–Kier alpha value is -0.850. The summed E-state index contributed by atoms with van der Waals surface area (Å²) in [4.78, 5) is 16.3. The topological polar surface area (TPSA) is 50.2 Å². The van der Waals surface area contributed by atoms with Crippen molar-refractivity contribution in [2.75, 3.05) is 0 Å². The van der Waals surface area contributed by atoms with E-state index in [4.69, 9.17) is 5.11 Å². The van der Waals surface area contributed by atoms with Crippen LogP contribution in [-0.2, 0) is 6.42 Å². The van der Waals surface area contributed by atoms with E-state index in [1.54, 1.807) is 18.2 Å². The molecule has 0 radical (unpaired) electrons. The number of rotatable bonds is 4. The van der Waals surface area contributed by atoms with E-state index < -0.39 is 5.97 Å². The fourth-order valence-corrected chi connectivity index (χ4v) is 3.90. The van der Waals surface area contributed by atoms with Crippen molar-refractivity contribution in [3.63, 3.8) is 0 Å². The molecule has 1 aromatic heterocycles. The lowest BCUT2D eigenvalue weighted by Gasteiger charge is -2.04. The lowest BCUT2D eigenvalue weighted by Crippen LogP contribution is -1.98. The molecule has 0 amide bonds. The number of benzene rings is 1. The number of carbonyl (C=O) groups is 1. The van der Waals surface area contributed by atoms with Gasteiger partial charge in [0.25, 0.3) is 0 Å². The maximum absolute atomic E-state index is 11.1. The second-order valence-corrected chi connectivity index (χ2v) is 6.57. The molecule has 0 aliphatic heterocycles. The molecule has 0 saturated carbocycles. The third-order valence-electron chi connectivity index (χ3n) is 2.26. The smallest absolute Gasteiger partial charge is 0.336 e. The number of carboxylic acid groups (broad SMARTS) is 1. The van der Waals surface area contributed by atoms with Crippen LogP contribution in [0.1, 0.15) is 23.0 Å². The summed E-state index contributed by atoms with van der Waals surface area (Å²) in [5.41, 5.74) is 1.34. The number of hydrogen-bond donors (Lipinski definition) is 1. The van der Waals surface area contributed by atoms with Crippen molar-refractivity contribution < 1.29 is 9.90 Å². The average Bonchev–Trinajstić information content (AvgIpc) is 2.76. The summed E-state index contributed by atoms with van der Waals surface area (Å²) in [7, 11) is 0. The SMILES string of the molecule is CCc1csc(Sc2cc(Br)ccc2C(=O)O)n1. The number of thiazole rings is 1. The lowest BCUT2D eigenvalue weighted by atomic mass is 10.2. The molecule has 0 unspecified atom stereocenters. The van der Waals surface area contributed by atoms with Crippen molar-refractivity contribution in [1.29, 1.82) is 0 Å². The van der Waals surface area contributed by atoms with Gasteiger partial charge in [-0.15, -0.1) is 11.3 Å². The molecular formula is C12H10BrNO2S2. The summed E-state index contributed by atoms with van der Waals surface area (Å²) in [5, 5.41) is 11.1. The average molecular weight is 344 g/mol. The molecule has 94 valence electrons. The van der Waals surface area contributed by atoms with E-state index >= 15 is 0 Å². The maximum Gasteiger partial charge on any atom is 0.336 e. The highest BCUT2D eigenvalue weighted by Crippen LogP contribution is 2.34. The van der Waals surface area contributed by atoms with E-state index in [9.17, 15) is 4.79 Å². The normalized spacial score (nSPS) is 10.6. The Morgan fingerprint density at radius 1 is 1.56 bits per heavy atom. The summed E-state index contributed by atoms with van der Waals surface area (Å²) < 4.78 is 1.73. The Morgan fingerprint density at radius 3 is 2.94 bits per heavy atom. The van der Waals surface area contributed by atoms with Crippen LogP contribution in [-0.4, -0.2) is 16.1 Å². The number of aryl methyl sites for hydroxylation is 1. The zero-order valence-electron chi connectivity index (χ0n) is 9.51. The summed E-state index contributed by atoms with van der Waals surface area (Å²) in [6.45, 7) is 2.05. The van der Waals surface area contributed by atoms with Crippen molar-refractivity contribution in [1.82, 2.24) is 4.98 Å². The molecule has 1 aromatic carbocycles. The number of aromatic nitrogens is 1. The third-order valence-corrected chi connectivity index (χ3v) is 4.80. The van der Waals surface area contributed by atoms with E-state index in [0.29, 0.717) is 10.5 Å². The molecule has 0 aliphatic carbocycles. The maximum atomic E-state index is 11.1. The van der Waals surface area contributed by atoms with Crippen LogP contribution < -0.4 is 0 Å². The molecule has 0 saturated heterocycles. The lowest BCUT2D eigenvalue weighted by molar-refractivity contribution is 0.0693. The largest absolute Gasteiger partial charge is 0.478 e. The first kappa shape index (κ1) is 13.6. The van der Waals surface area contributed by atoms with Crippen LogP contribution in [0.3, 0.4) is 0 Å². The van der Waals surface area contributed by atoms with Gasteiger partial charge in [0.05, 0.1) is 11.3 Å². The highest BCUT2D eigenvalue weighted by atomic mass is 79.9. The Labute approximate surface area is 121 Å². The first-order valence-electron chi connectivity index (χ1n) is 5.25. The van der Waals surface area contributed by atoms with E-state index in [0.717, 1.165) is 20.9 Å². The Kier molecular flexibility index (Phi) is 4.42. The molecule has 1 heterocycles. The minimum absolute atomic E-state index is 0.302. The number of halogens is 1. The number of hydrogen-bond acceptors (Lipinski definition) is 4. The third kappa shape index (κ3) is 3.13. The van der Waals surface area contributed by atoms with E-state index in [-0.39, 0.29) is 0 Å². The number of aromatic carboxylic acids is 1. The monoisotopic (exact) mass is 343 g/mol. The molecule has 1 N–H and O–H groups in total. The van der Waals surface area contributed by atoms with Crippen LogP contribution in [0.4, 0.5) is 0 Å². The van der Waals surface area contributed by atoms with Gasteiger partial charge in [0, 0.05) is 14.7 Å². The van der Waals surface area contributed by atoms with Gasteiger partial charge in [0.1, 0.15) is 0 Å². The van der Waals surface area contributed by atoms with Gasteiger partial charge < -0.3 is 5.11 Å². The van der Waals surface area contributed by atoms with E-state index in [2.05, 4.69) is 20.9 Å². The Morgan fingerprint density at radius 2 is 2.33 bits per heavy atom. The van der Waals surface area contributed by atoms with E-state index in [1.165, 1.54) is 23.1 Å². The fraction of sp³-hybridized carbons (Fsp3) is 0.167. The summed E-state index contributed by atoms with van der Waals surface area (Å²) in [5.74, 6) is -0.919. The summed E-state index contributed by atoms with van der Waals surface area (Å²) in [6.07, 6.45) is 0.890. The molecule has 18 heavy (non-hydrogen) atoms. The van der Waals surface area contributed by atoms with E-state index in [1.807, 2.05) is 12.3 Å². The highest BCUT2D eigenvalue weighted by Gasteiger charge is 2.13. The van der Waals surface area contributed by atoms with Gasteiger partial charge in [-0.05, 0) is 24.6 Å². The molecule has 0 fully saturated rings. The Bertz CT molecular complexity index is 583. The summed E-state index contributed by atoms with van der Waals surface area (Å²) >= 11 is 6.28. The van der Waals surface area contributed by atoms with Gasteiger partial charge in [0.2, 0.25) is 0 Å².